The monoisotopic (exact) mass is 626 g/mol. The molecule has 0 spiro atoms. The number of ether oxygens (including phenoxy) is 4. The molecule has 1 fully saturated rings. The number of methoxy groups -OCH3 is 2. The number of rotatable bonds is 12. The van der Waals surface area contributed by atoms with E-state index in [9.17, 15) is 13.2 Å². The Kier molecular flexibility index (Phi) is 9.71. The van der Waals surface area contributed by atoms with E-state index in [0.29, 0.717) is 42.4 Å². The lowest BCUT2D eigenvalue weighted by molar-refractivity contribution is 0.0401. The maximum atomic E-state index is 15.3. The van der Waals surface area contributed by atoms with Crippen LogP contribution in [0.1, 0.15) is 44.6 Å². The molecule has 0 unspecified atom stereocenters. The van der Waals surface area contributed by atoms with Crippen LogP contribution >= 0.6 is 11.5 Å². The molecule has 1 saturated carbocycles. The Balaban J connectivity index is 1.51. The molecule has 0 bridgehead atoms. The largest absolute Gasteiger partial charge is 0.497 e. The molecule has 1 heterocycles. The van der Waals surface area contributed by atoms with Crippen molar-refractivity contribution < 1.29 is 40.9 Å². The Labute approximate surface area is 246 Å². The quantitative estimate of drug-likeness (QED) is 0.292. The minimum Gasteiger partial charge on any atom is -0.497 e. The number of hydrogen-bond donors (Lipinski definition) is 1. The predicted octanol–water partition coefficient (Wildman–Crippen LogP) is 5.04. The van der Waals surface area contributed by atoms with Crippen molar-refractivity contribution in [3.8, 4) is 17.2 Å². The van der Waals surface area contributed by atoms with Gasteiger partial charge in [-0.2, -0.15) is 4.37 Å². The first kappa shape index (κ1) is 31.2. The molecule has 0 saturated heterocycles. The van der Waals surface area contributed by atoms with Crippen LogP contribution in [0.25, 0.3) is 0 Å². The summed E-state index contributed by atoms with van der Waals surface area (Å²) in [6.07, 6.45) is 3.42. The van der Waals surface area contributed by atoms with Crippen LogP contribution in [0.15, 0.2) is 41.6 Å². The minimum atomic E-state index is -4.66. The molecule has 0 aliphatic heterocycles. The van der Waals surface area contributed by atoms with Crippen LogP contribution < -0.4 is 24.2 Å². The first-order chi connectivity index (χ1) is 20.0. The SMILES string of the molecule is COc1ccc(CN(c2ncns2)S(=O)(=O)c2cc(F)c(OCCC3(C)CCC(OC(N)=O)CC3)cc2F)c(OC)c1. The molecule has 0 atom stereocenters. The van der Waals surface area contributed by atoms with Gasteiger partial charge in [0.15, 0.2) is 11.6 Å². The molecule has 0 radical (unpaired) electrons. The van der Waals surface area contributed by atoms with E-state index in [1.807, 2.05) is 6.92 Å². The summed E-state index contributed by atoms with van der Waals surface area (Å²) in [5.74, 6) is -1.79. The third-order valence-electron chi connectivity index (χ3n) is 7.31. The highest BCUT2D eigenvalue weighted by atomic mass is 32.2. The number of nitrogens with two attached hydrogens (primary N) is 1. The number of halogens is 2. The fourth-order valence-corrected chi connectivity index (χ4v) is 7.02. The second-order valence-corrected chi connectivity index (χ2v) is 12.8. The summed E-state index contributed by atoms with van der Waals surface area (Å²) in [4.78, 5) is 14.1. The fraction of sp³-hybridized carbons (Fsp3) is 0.444. The number of primary amides is 1. The summed E-state index contributed by atoms with van der Waals surface area (Å²) in [7, 11) is -1.76. The van der Waals surface area contributed by atoms with E-state index in [0.717, 1.165) is 34.7 Å². The van der Waals surface area contributed by atoms with Crippen molar-refractivity contribution in [3.63, 3.8) is 0 Å². The van der Waals surface area contributed by atoms with Crippen LogP contribution in [0.5, 0.6) is 17.2 Å². The zero-order valence-electron chi connectivity index (χ0n) is 23.3. The van der Waals surface area contributed by atoms with Crippen molar-refractivity contribution in [2.75, 3.05) is 25.1 Å². The van der Waals surface area contributed by atoms with E-state index < -0.39 is 38.4 Å². The molecule has 1 aliphatic carbocycles. The van der Waals surface area contributed by atoms with Crippen LogP contribution in [0.3, 0.4) is 0 Å². The molecule has 4 rings (SSSR count). The van der Waals surface area contributed by atoms with Crippen molar-refractivity contribution in [1.29, 1.82) is 0 Å². The van der Waals surface area contributed by atoms with E-state index >= 15 is 8.78 Å². The van der Waals surface area contributed by atoms with Crippen LogP contribution in [0.2, 0.25) is 0 Å². The second kappa shape index (κ2) is 13.1. The van der Waals surface area contributed by atoms with Gasteiger partial charge in [-0.25, -0.2) is 31.3 Å². The van der Waals surface area contributed by atoms with Crippen LogP contribution in [0.4, 0.5) is 18.7 Å². The van der Waals surface area contributed by atoms with Crippen LogP contribution in [-0.4, -0.2) is 50.8 Å². The first-order valence-corrected chi connectivity index (χ1v) is 15.3. The highest BCUT2D eigenvalue weighted by Gasteiger charge is 2.34. The Morgan fingerprint density at radius 1 is 1.12 bits per heavy atom. The van der Waals surface area contributed by atoms with Crippen LogP contribution in [0, 0.1) is 17.0 Å². The van der Waals surface area contributed by atoms with E-state index in [1.54, 1.807) is 18.2 Å². The molecular weight excluding hydrogens is 594 g/mol. The third kappa shape index (κ3) is 7.18. The fourth-order valence-electron chi connectivity index (χ4n) is 4.83. The van der Waals surface area contributed by atoms with E-state index in [1.165, 1.54) is 20.5 Å². The van der Waals surface area contributed by atoms with Gasteiger partial charge in [-0.1, -0.05) is 6.92 Å². The van der Waals surface area contributed by atoms with Crippen molar-refractivity contribution in [2.45, 2.75) is 56.6 Å². The van der Waals surface area contributed by atoms with Gasteiger partial charge in [-0.3, -0.25) is 0 Å². The van der Waals surface area contributed by atoms with Crippen molar-refractivity contribution in [1.82, 2.24) is 9.36 Å². The molecule has 1 aromatic heterocycles. The number of sulfonamides is 1. The molecule has 11 nitrogen and oxygen atoms in total. The number of amides is 1. The minimum absolute atomic E-state index is 0.0443. The average molecular weight is 627 g/mol. The molecule has 2 N–H and O–H groups in total. The lowest BCUT2D eigenvalue weighted by Gasteiger charge is -2.36. The van der Waals surface area contributed by atoms with Crippen LogP contribution in [-0.2, 0) is 21.3 Å². The van der Waals surface area contributed by atoms with Gasteiger partial charge < -0.3 is 24.7 Å². The van der Waals surface area contributed by atoms with Gasteiger partial charge in [0, 0.05) is 35.3 Å². The van der Waals surface area contributed by atoms with E-state index in [2.05, 4.69) is 9.36 Å². The lowest BCUT2D eigenvalue weighted by atomic mass is 9.73. The number of carbonyl (C=O) groups excluding carboxylic acids is 1. The number of anilines is 1. The Morgan fingerprint density at radius 2 is 1.86 bits per heavy atom. The van der Waals surface area contributed by atoms with Crippen molar-refractivity contribution in [2.24, 2.45) is 11.1 Å². The summed E-state index contributed by atoms with van der Waals surface area (Å²) in [5.41, 5.74) is 5.37. The number of hydrogen-bond acceptors (Lipinski definition) is 10. The third-order valence-corrected chi connectivity index (χ3v) is 9.87. The van der Waals surface area contributed by atoms with Gasteiger partial charge in [0.25, 0.3) is 10.0 Å². The molecular formula is C27H32F2N4O7S2. The Hall–Kier alpha value is -3.72. The lowest BCUT2D eigenvalue weighted by Crippen LogP contribution is -2.32. The van der Waals surface area contributed by atoms with Gasteiger partial charge in [0.2, 0.25) is 5.13 Å². The van der Waals surface area contributed by atoms with Gasteiger partial charge >= 0.3 is 6.09 Å². The van der Waals surface area contributed by atoms with Gasteiger partial charge in [0.1, 0.15) is 34.6 Å². The number of carbonyl (C=O) groups is 1. The highest BCUT2D eigenvalue weighted by Crippen LogP contribution is 2.40. The Bertz CT molecular complexity index is 1500. The maximum absolute atomic E-state index is 15.3. The van der Waals surface area contributed by atoms with Crippen molar-refractivity contribution in [3.05, 3.63) is 53.9 Å². The topological polar surface area (TPSA) is 143 Å². The first-order valence-electron chi connectivity index (χ1n) is 13.0. The standard InChI is InChI=1S/C27H32F2N4O7S2/c1-27(8-6-18(7-9-27)40-25(30)34)10-11-39-23-13-21(29)24(14-20(23)28)42(35,36)33(26-31-16-32-41-26)15-17-4-5-19(37-2)12-22(17)38-3/h4-5,12-14,16,18H,6-11,15H2,1-3H3,(H2,30,34). The molecule has 1 amide bonds. The Morgan fingerprint density at radius 3 is 2.48 bits per heavy atom. The van der Waals surface area contributed by atoms with Gasteiger partial charge in [-0.15, -0.1) is 0 Å². The number of nitrogens with zero attached hydrogens (tertiary/aromatic N) is 3. The maximum Gasteiger partial charge on any atom is 0.404 e. The summed E-state index contributed by atoms with van der Waals surface area (Å²) in [5, 5.41) is -0.0443. The summed E-state index contributed by atoms with van der Waals surface area (Å²) >= 11 is 0.782. The molecule has 3 aromatic rings. The molecule has 1 aliphatic rings. The number of aromatic nitrogens is 2. The van der Waals surface area contributed by atoms with Gasteiger partial charge in [0.05, 0.1) is 27.4 Å². The molecule has 15 heteroatoms. The highest BCUT2D eigenvalue weighted by molar-refractivity contribution is 7.93. The van der Waals surface area contributed by atoms with E-state index in [4.69, 9.17) is 24.7 Å². The summed E-state index contributed by atoms with van der Waals surface area (Å²) in [6, 6.07) is 6.14. The smallest absolute Gasteiger partial charge is 0.404 e. The summed E-state index contributed by atoms with van der Waals surface area (Å²) < 4.78 is 83.8. The van der Waals surface area contributed by atoms with E-state index in [-0.39, 0.29) is 29.8 Å². The van der Waals surface area contributed by atoms with Gasteiger partial charge in [-0.05, 0) is 49.7 Å². The predicted molar refractivity (Wildman–Crippen MR) is 150 cm³/mol. The summed E-state index contributed by atoms with van der Waals surface area (Å²) in [6.45, 7) is 1.83. The zero-order valence-corrected chi connectivity index (χ0v) is 25.0. The normalized spacial score (nSPS) is 18.7. The number of benzene rings is 2. The average Bonchev–Trinajstić information content (AvgIpc) is 3.49. The molecule has 42 heavy (non-hydrogen) atoms. The molecule has 228 valence electrons. The second-order valence-electron chi connectivity index (χ2n) is 10.2. The van der Waals surface area contributed by atoms with Crippen molar-refractivity contribution >= 4 is 32.8 Å². The molecule has 2 aromatic carbocycles. The zero-order chi connectivity index (χ0) is 30.5.